The third kappa shape index (κ3) is 5.53. The third-order valence-electron chi connectivity index (χ3n) is 5.37. The smallest absolute Gasteiger partial charge is 0.339 e. The van der Waals surface area contributed by atoms with Crippen LogP contribution in [-0.2, 0) is 0 Å². The van der Waals surface area contributed by atoms with E-state index in [4.69, 9.17) is 21.8 Å². The minimum atomic E-state index is 0.683. The quantitative estimate of drug-likeness (QED) is 0.281. The molecule has 0 bridgehead atoms. The van der Waals surface area contributed by atoms with Crippen molar-refractivity contribution >= 4 is 35.4 Å². The lowest BCUT2D eigenvalue weighted by Crippen LogP contribution is -2.28. The lowest BCUT2D eigenvalue weighted by atomic mass is 10.2. The minimum absolute atomic E-state index is 0.683. The Morgan fingerprint density at radius 2 is 1.26 bits per heavy atom. The molecule has 0 unspecified atom stereocenters. The Hall–Kier alpha value is -3.90. The van der Waals surface area contributed by atoms with E-state index in [2.05, 4.69) is 34.1 Å². The molecule has 0 aliphatic rings. The summed E-state index contributed by atoms with van der Waals surface area (Å²) < 4.78 is 3.63. The average Bonchev–Trinajstić information content (AvgIpc) is 3.25. The number of anilines is 2. The first kappa shape index (κ1) is 23.3. The number of imidazole rings is 1. The maximum absolute atomic E-state index is 6.13. The van der Waals surface area contributed by atoms with Crippen molar-refractivity contribution in [3.63, 3.8) is 0 Å². The molecular formula is C27H28ClN6+. The van der Waals surface area contributed by atoms with Crippen LogP contribution in [0.5, 0.6) is 0 Å². The maximum atomic E-state index is 6.13. The van der Waals surface area contributed by atoms with Gasteiger partial charge in [0.05, 0.1) is 18.0 Å². The van der Waals surface area contributed by atoms with Gasteiger partial charge >= 0.3 is 5.82 Å². The number of hydrogen-bond acceptors (Lipinski definition) is 4. The normalized spacial score (nSPS) is 11.4. The lowest BCUT2D eigenvalue weighted by Gasteiger charge is -2.11. The lowest BCUT2D eigenvalue weighted by molar-refractivity contribution is -0.666. The van der Waals surface area contributed by atoms with Gasteiger partial charge in [0.25, 0.3) is 0 Å². The molecular weight excluding hydrogens is 444 g/mol. The van der Waals surface area contributed by atoms with Gasteiger partial charge in [-0.2, -0.15) is 0 Å². The molecule has 0 fully saturated rings. The molecule has 3 aromatic carbocycles. The first-order valence-corrected chi connectivity index (χ1v) is 11.3. The van der Waals surface area contributed by atoms with Crippen LogP contribution in [0.1, 0.15) is 11.1 Å². The van der Waals surface area contributed by atoms with E-state index in [-0.39, 0.29) is 0 Å². The van der Waals surface area contributed by atoms with Crippen LogP contribution in [0.3, 0.4) is 0 Å². The molecule has 6 nitrogen and oxygen atoms in total. The molecule has 34 heavy (non-hydrogen) atoms. The van der Waals surface area contributed by atoms with Crippen molar-refractivity contribution in [2.75, 3.05) is 38.0 Å². The van der Waals surface area contributed by atoms with Crippen molar-refractivity contribution < 1.29 is 4.68 Å². The Morgan fingerprint density at radius 3 is 1.79 bits per heavy atom. The summed E-state index contributed by atoms with van der Waals surface area (Å²) in [4.78, 5) is 4.14. The van der Waals surface area contributed by atoms with Crippen molar-refractivity contribution in [2.24, 2.45) is 10.2 Å². The second kappa shape index (κ2) is 10.4. The molecule has 0 spiro atoms. The van der Waals surface area contributed by atoms with Gasteiger partial charge in [0.15, 0.2) is 12.4 Å². The molecule has 4 rings (SSSR count). The van der Waals surface area contributed by atoms with E-state index in [9.17, 15) is 0 Å². The predicted molar refractivity (Wildman–Crippen MR) is 143 cm³/mol. The van der Waals surface area contributed by atoms with Gasteiger partial charge in [-0.05, 0) is 59.7 Å². The molecule has 1 heterocycles. The molecule has 172 valence electrons. The van der Waals surface area contributed by atoms with Crippen LogP contribution in [0.4, 0.5) is 11.4 Å². The Labute approximate surface area is 205 Å². The maximum Gasteiger partial charge on any atom is 0.339 e. The summed E-state index contributed by atoms with van der Waals surface area (Å²) in [6.07, 6.45) is 7.46. The van der Waals surface area contributed by atoms with Crippen molar-refractivity contribution in [2.45, 2.75) is 0 Å². The Morgan fingerprint density at radius 1 is 0.735 bits per heavy atom. The zero-order valence-corrected chi connectivity index (χ0v) is 20.6. The molecule has 0 atom stereocenters. The number of aromatic nitrogens is 2. The molecule has 0 saturated heterocycles. The van der Waals surface area contributed by atoms with Crippen LogP contribution in [0, 0.1) is 0 Å². The van der Waals surface area contributed by atoms with E-state index in [1.165, 1.54) is 0 Å². The van der Waals surface area contributed by atoms with Gasteiger partial charge in [-0.15, -0.1) is 0 Å². The van der Waals surface area contributed by atoms with Gasteiger partial charge < -0.3 is 9.80 Å². The molecule has 1 aromatic heterocycles. The molecule has 0 saturated carbocycles. The number of rotatable bonds is 7. The fourth-order valence-electron chi connectivity index (χ4n) is 3.40. The highest BCUT2D eigenvalue weighted by atomic mass is 35.5. The second-order valence-corrected chi connectivity index (χ2v) is 8.72. The van der Waals surface area contributed by atoms with E-state index < -0.39 is 0 Å². The second-order valence-electron chi connectivity index (χ2n) is 8.28. The van der Waals surface area contributed by atoms with Gasteiger partial charge in [-0.3, -0.25) is 0 Å². The zero-order valence-electron chi connectivity index (χ0n) is 19.8. The van der Waals surface area contributed by atoms with E-state index >= 15 is 0 Å². The van der Waals surface area contributed by atoms with Crippen LogP contribution in [0.25, 0.3) is 11.4 Å². The summed E-state index contributed by atoms with van der Waals surface area (Å²) >= 11 is 6.13. The summed E-state index contributed by atoms with van der Waals surface area (Å²) in [7, 11) is 8.10. The molecule has 0 amide bonds. The number of hydrogen-bond donors (Lipinski definition) is 0. The topological polar surface area (TPSA) is 40.0 Å². The molecule has 0 aliphatic carbocycles. The van der Waals surface area contributed by atoms with Crippen molar-refractivity contribution in [1.82, 2.24) is 4.68 Å². The average molecular weight is 472 g/mol. The summed E-state index contributed by atoms with van der Waals surface area (Å²) in [5, 5.41) is 10.1. The summed E-state index contributed by atoms with van der Waals surface area (Å²) in [6.45, 7) is 0. The Kier molecular flexibility index (Phi) is 7.09. The largest absolute Gasteiger partial charge is 0.378 e. The van der Waals surface area contributed by atoms with E-state index in [0.717, 1.165) is 33.9 Å². The monoisotopic (exact) mass is 471 g/mol. The highest BCUT2D eigenvalue weighted by molar-refractivity contribution is 6.30. The highest BCUT2D eigenvalue weighted by Gasteiger charge is 2.19. The molecule has 0 N–H and O–H groups in total. The van der Waals surface area contributed by atoms with Crippen molar-refractivity contribution in [3.05, 3.63) is 101 Å². The van der Waals surface area contributed by atoms with Crippen molar-refractivity contribution in [3.8, 4) is 11.4 Å². The standard InChI is InChI=1S/C27H28ClN6/c1-31(2)25-13-5-21(6-14-25)19-29-33-17-18-34(27(33)23-9-11-24(28)12-10-23)30-20-22-7-15-26(16-8-22)32(3)4/h5-20H,1-4H3/q+1. The van der Waals surface area contributed by atoms with E-state index in [1.54, 1.807) is 0 Å². The fraction of sp³-hybridized carbons (Fsp3) is 0.148. The van der Waals surface area contributed by atoms with Gasteiger partial charge in [-0.1, -0.05) is 55.4 Å². The van der Waals surface area contributed by atoms with Crippen molar-refractivity contribution in [1.29, 1.82) is 0 Å². The number of halogens is 1. The zero-order chi connectivity index (χ0) is 24.1. The summed E-state index contributed by atoms with van der Waals surface area (Å²) in [6, 6.07) is 24.2. The van der Waals surface area contributed by atoms with Crippen LogP contribution in [0.15, 0.2) is 95.4 Å². The summed E-state index contributed by atoms with van der Waals surface area (Å²) in [5.74, 6) is 0.819. The van der Waals surface area contributed by atoms with Gasteiger partial charge in [-0.25, -0.2) is 0 Å². The molecule has 0 aliphatic heterocycles. The number of nitrogens with zero attached hydrogens (tertiary/aromatic N) is 6. The van der Waals surface area contributed by atoms with E-state index in [0.29, 0.717) is 5.02 Å². The molecule has 0 radical (unpaired) electrons. The molecule has 4 aromatic rings. The van der Waals surface area contributed by atoms with E-state index in [1.807, 2.05) is 111 Å². The van der Waals surface area contributed by atoms with Gasteiger partial charge in [0.2, 0.25) is 0 Å². The summed E-state index contributed by atoms with van der Waals surface area (Å²) in [5.41, 5.74) is 5.26. The third-order valence-corrected chi connectivity index (χ3v) is 5.62. The SMILES string of the molecule is CN(C)c1ccc(C=Nn2cc[n+](N=Cc3ccc(N(C)C)cc3)c2-c2ccc(Cl)cc2)cc1. The van der Waals surface area contributed by atoms with Crippen LogP contribution in [-0.4, -0.2) is 45.3 Å². The van der Waals surface area contributed by atoms with Gasteiger partial charge in [0.1, 0.15) is 0 Å². The Bertz CT molecular complexity index is 1210. The molecule has 7 heteroatoms. The fourth-order valence-corrected chi connectivity index (χ4v) is 3.52. The minimum Gasteiger partial charge on any atom is -0.378 e. The first-order chi connectivity index (χ1) is 16.4. The Balaban J connectivity index is 1.66. The number of benzene rings is 3. The predicted octanol–water partition coefficient (Wildman–Crippen LogP) is 4.99. The van der Waals surface area contributed by atoms with Gasteiger partial charge in [0, 0.05) is 44.6 Å². The van der Waals surface area contributed by atoms with Crippen LogP contribution < -0.4 is 14.5 Å². The first-order valence-electron chi connectivity index (χ1n) is 10.9. The highest BCUT2D eigenvalue weighted by Crippen LogP contribution is 2.20. The van der Waals surface area contributed by atoms with Crippen LogP contribution >= 0.6 is 11.6 Å². The van der Waals surface area contributed by atoms with Crippen LogP contribution in [0.2, 0.25) is 5.02 Å².